The molecule has 0 fully saturated rings. The Morgan fingerprint density at radius 3 is 2.58 bits per heavy atom. The fraction of sp³-hybridized carbons (Fsp3) is 0.533. The van der Waals surface area contributed by atoms with E-state index < -0.39 is 17.7 Å². The van der Waals surface area contributed by atoms with E-state index in [0.717, 1.165) is 11.1 Å². The van der Waals surface area contributed by atoms with E-state index in [1.165, 1.54) is 4.90 Å². The van der Waals surface area contributed by atoms with E-state index in [0.29, 0.717) is 13.0 Å². The molecule has 0 saturated heterocycles. The molecule has 0 radical (unpaired) electrons. The van der Waals surface area contributed by atoms with Crippen molar-refractivity contribution in [1.29, 1.82) is 0 Å². The summed E-state index contributed by atoms with van der Waals surface area (Å²) < 4.78 is 0. The van der Waals surface area contributed by atoms with Gasteiger partial charge in [0.1, 0.15) is 0 Å². The molecule has 4 nitrogen and oxygen atoms in total. The largest absolute Gasteiger partial charge is 0.465 e. The molecule has 0 bridgehead atoms. The van der Waals surface area contributed by atoms with Crippen molar-refractivity contribution in [1.82, 2.24) is 4.90 Å². The molecule has 0 unspecified atom stereocenters. The van der Waals surface area contributed by atoms with Crippen LogP contribution in [0.2, 0.25) is 0 Å². The molecule has 1 aromatic rings. The monoisotopic (exact) mass is 263 g/mol. The number of hydrogen-bond acceptors (Lipinski definition) is 2. The summed E-state index contributed by atoms with van der Waals surface area (Å²) in [7, 11) is 0. The molecule has 0 spiro atoms. The Kier molecular flexibility index (Phi) is 3.54. The molecule has 1 aliphatic rings. The fourth-order valence-corrected chi connectivity index (χ4v) is 2.71. The summed E-state index contributed by atoms with van der Waals surface area (Å²) in [6, 6.07) is 7.87. The highest BCUT2D eigenvalue weighted by Crippen LogP contribution is 2.35. The zero-order chi connectivity index (χ0) is 14.2. The van der Waals surface area contributed by atoms with Crippen LogP contribution in [0, 0.1) is 0 Å². The lowest BCUT2D eigenvalue weighted by Crippen LogP contribution is -2.47. The topological polar surface area (TPSA) is 60.8 Å². The maximum atomic E-state index is 11.4. The van der Waals surface area contributed by atoms with E-state index >= 15 is 0 Å². The summed E-state index contributed by atoms with van der Waals surface area (Å²) in [5.41, 5.74) is 1.73. The minimum atomic E-state index is -0.941. The standard InChI is InChI=1S/C15H21NO3/c1-15(2,3)16(14(18)19)9-12-11-7-5-4-6-10(11)8-13(12)17/h4-7,12-13,17H,8-9H2,1-3H3,(H,18,19)/t12-,13-/m0/s1. The Balaban J connectivity index is 2.25. The number of hydrogen-bond donors (Lipinski definition) is 2. The summed E-state index contributed by atoms with van der Waals surface area (Å²) in [5.74, 6) is -0.133. The van der Waals surface area contributed by atoms with E-state index in [2.05, 4.69) is 0 Å². The first-order chi connectivity index (χ1) is 8.80. The molecule has 19 heavy (non-hydrogen) atoms. The number of benzene rings is 1. The highest BCUT2D eigenvalue weighted by atomic mass is 16.4. The molecule has 2 rings (SSSR count). The highest BCUT2D eigenvalue weighted by molar-refractivity contribution is 5.66. The quantitative estimate of drug-likeness (QED) is 0.861. The van der Waals surface area contributed by atoms with Gasteiger partial charge in [0.15, 0.2) is 0 Å². The second-order valence-corrected chi connectivity index (χ2v) is 6.14. The van der Waals surface area contributed by atoms with Crippen molar-refractivity contribution >= 4 is 6.09 Å². The van der Waals surface area contributed by atoms with Gasteiger partial charge in [-0.3, -0.25) is 0 Å². The third kappa shape index (κ3) is 2.73. The minimum absolute atomic E-state index is 0.133. The summed E-state index contributed by atoms with van der Waals surface area (Å²) in [5, 5.41) is 19.5. The van der Waals surface area contributed by atoms with Crippen molar-refractivity contribution in [2.75, 3.05) is 6.54 Å². The maximum absolute atomic E-state index is 11.4. The summed E-state index contributed by atoms with van der Waals surface area (Å²) in [6.45, 7) is 5.94. The van der Waals surface area contributed by atoms with Crippen LogP contribution in [0.15, 0.2) is 24.3 Å². The van der Waals surface area contributed by atoms with Crippen LogP contribution in [0.5, 0.6) is 0 Å². The number of carbonyl (C=O) groups is 1. The van der Waals surface area contributed by atoms with Gasteiger partial charge < -0.3 is 15.1 Å². The van der Waals surface area contributed by atoms with Crippen molar-refractivity contribution < 1.29 is 15.0 Å². The van der Waals surface area contributed by atoms with Gasteiger partial charge in [-0.1, -0.05) is 24.3 Å². The summed E-state index contributed by atoms with van der Waals surface area (Å²) in [6.07, 6.45) is -0.830. The first kappa shape index (κ1) is 13.9. The van der Waals surface area contributed by atoms with E-state index in [-0.39, 0.29) is 5.92 Å². The number of aliphatic hydroxyl groups is 1. The predicted molar refractivity (Wildman–Crippen MR) is 73.4 cm³/mol. The zero-order valence-electron chi connectivity index (χ0n) is 11.6. The van der Waals surface area contributed by atoms with Crippen molar-refractivity contribution in [3.63, 3.8) is 0 Å². The van der Waals surface area contributed by atoms with Gasteiger partial charge in [0, 0.05) is 18.0 Å². The molecule has 2 N–H and O–H groups in total. The van der Waals surface area contributed by atoms with Crippen LogP contribution in [0.25, 0.3) is 0 Å². The molecule has 0 heterocycles. The van der Waals surface area contributed by atoms with Gasteiger partial charge in [0.05, 0.1) is 6.10 Å². The molecule has 1 aliphatic carbocycles. The van der Waals surface area contributed by atoms with E-state index in [4.69, 9.17) is 0 Å². The lowest BCUT2D eigenvalue weighted by molar-refractivity contribution is 0.0750. The van der Waals surface area contributed by atoms with Gasteiger partial charge in [0.2, 0.25) is 0 Å². The molecule has 1 aromatic carbocycles. The molecule has 0 aliphatic heterocycles. The Hall–Kier alpha value is -1.55. The van der Waals surface area contributed by atoms with Crippen LogP contribution in [0.3, 0.4) is 0 Å². The van der Waals surface area contributed by atoms with Gasteiger partial charge in [-0.25, -0.2) is 4.79 Å². The van der Waals surface area contributed by atoms with E-state index in [9.17, 15) is 15.0 Å². The van der Waals surface area contributed by atoms with Crippen LogP contribution in [0.4, 0.5) is 4.79 Å². The Morgan fingerprint density at radius 2 is 2.00 bits per heavy atom. The lowest BCUT2D eigenvalue weighted by Gasteiger charge is -2.36. The Labute approximate surface area is 113 Å². The van der Waals surface area contributed by atoms with Crippen molar-refractivity contribution in [3.8, 4) is 0 Å². The molecule has 2 atom stereocenters. The molecule has 4 heteroatoms. The van der Waals surface area contributed by atoms with Crippen LogP contribution in [0.1, 0.15) is 37.8 Å². The molecule has 104 valence electrons. The normalized spacial score (nSPS) is 22.1. The molecular formula is C15H21NO3. The van der Waals surface area contributed by atoms with Crippen LogP contribution in [-0.4, -0.2) is 39.4 Å². The Morgan fingerprint density at radius 1 is 1.37 bits per heavy atom. The number of rotatable bonds is 2. The Bertz CT molecular complexity index is 479. The minimum Gasteiger partial charge on any atom is -0.465 e. The number of fused-ring (bicyclic) bond motifs is 1. The van der Waals surface area contributed by atoms with Crippen LogP contribution < -0.4 is 0 Å². The summed E-state index contributed by atoms with van der Waals surface area (Å²) in [4.78, 5) is 12.8. The van der Waals surface area contributed by atoms with Crippen LogP contribution >= 0.6 is 0 Å². The number of amides is 1. The fourth-order valence-electron chi connectivity index (χ4n) is 2.71. The smallest absolute Gasteiger partial charge is 0.407 e. The average molecular weight is 263 g/mol. The maximum Gasteiger partial charge on any atom is 0.407 e. The third-order valence-corrected chi connectivity index (χ3v) is 3.77. The van der Waals surface area contributed by atoms with Gasteiger partial charge in [-0.2, -0.15) is 0 Å². The van der Waals surface area contributed by atoms with Gasteiger partial charge in [-0.05, 0) is 38.3 Å². The molecule has 1 amide bonds. The second kappa shape index (κ2) is 4.85. The molecule has 0 saturated carbocycles. The van der Waals surface area contributed by atoms with E-state index in [1.807, 2.05) is 45.0 Å². The highest BCUT2D eigenvalue weighted by Gasteiger charge is 2.36. The molecule has 0 aromatic heterocycles. The SMILES string of the molecule is CC(C)(C)N(C[C@H]1c2ccccc2C[C@@H]1O)C(=O)O. The van der Waals surface area contributed by atoms with E-state index in [1.54, 1.807) is 0 Å². The number of nitrogens with zero attached hydrogens (tertiary/aromatic N) is 1. The van der Waals surface area contributed by atoms with Crippen LogP contribution in [-0.2, 0) is 6.42 Å². The van der Waals surface area contributed by atoms with Gasteiger partial charge in [0.25, 0.3) is 0 Å². The number of carboxylic acid groups (broad SMARTS) is 1. The molecular weight excluding hydrogens is 242 g/mol. The van der Waals surface area contributed by atoms with Crippen molar-refractivity contribution in [2.45, 2.75) is 44.8 Å². The van der Waals surface area contributed by atoms with Crippen molar-refractivity contribution in [2.24, 2.45) is 0 Å². The average Bonchev–Trinajstić information content (AvgIpc) is 2.59. The first-order valence-corrected chi connectivity index (χ1v) is 6.57. The van der Waals surface area contributed by atoms with Gasteiger partial charge >= 0.3 is 6.09 Å². The zero-order valence-corrected chi connectivity index (χ0v) is 11.6. The van der Waals surface area contributed by atoms with Crippen molar-refractivity contribution in [3.05, 3.63) is 35.4 Å². The predicted octanol–water partition coefficient (Wildman–Crippen LogP) is 2.47. The third-order valence-electron chi connectivity index (χ3n) is 3.77. The van der Waals surface area contributed by atoms with Gasteiger partial charge in [-0.15, -0.1) is 0 Å². The second-order valence-electron chi connectivity index (χ2n) is 6.14. The lowest BCUT2D eigenvalue weighted by atomic mass is 9.96. The number of aliphatic hydroxyl groups excluding tert-OH is 1. The first-order valence-electron chi connectivity index (χ1n) is 6.57. The summed E-state index contributed by atoms with van der Waals surface area (Å²) >= 11 is 0.